The van der Waals surface area contributed by atoms with Crippen LogP contribution in [0.4, 0.5) is 18.9 Å². The van der Waals surface area contributed by atoms with Gasteiger partial charge in [-0.15, -0.1) is 0 Å². The van der Waals surface area contributed by atoms with Crippen molar-refractivity contribution in [3.8, 4) is 0 Å². The highest BCUT2D eigenvalue weighted by Crippen LogP contribution is 2.29. The largest absolute Gasteiger partial charge is 0.416 e. The Balaban J connectivity index is 2.15. The van der Waals surface area contributed by atoms with Crippen molar-refractivity contribution in [2.24, 2.45) is 0 Å². The number of halogens is 4. The predicted molar refractivity (Wildman–Crippen MR) is 78.3 cm³/mol. The van der Waals surface area contributed by atoms with Gasteiger partial charge in [0.2, 0.25) is 0 Å². The van der Waals surface area contributed by atoms with Gasteiger partial charge in [-0.25, -0.2) is 0 Å². The molecular weight excluding hydrogens is 347 g/mol. The standard InChI is InChI=1S/C15H11BrF3NO/c1-9-8-12(6-7-13(9)16)20-14(21)10-2-4-11(5-3-10)15(17,18)19/h2-8H,1H3,(H,20,21). The molecule has 0 aromatic heterocycles. The number of nitrogens with one attached hydrogen (secondary N) is 1. The minimum absolute atomic E-state index is 0.170. The molecule has 0 unspecified atom stereocenters. The van der Waals surface area contributed by atoms with E-state index in [1.165, 1.54) is 0 Å². The second-order valence-electron chi connectivity index (χ2n) is 4.49. The predicted octanol–water partition coefficient (Wildman–Crippen LogP) is 5.03. The average molecular weight is 358 g/mol. The molecule has 0 aliphatic rings. The maximum atomic E-state index is 12.4. The normalized spacial score (nSPS) is 11.3. The molecule has 2 aromatic carbocycles. The molecule has 0 saturated carbocycles. The van der Waals surface area contributed by atoms with E-state index < -0.39 is 17.6 Å². The molecule has 6 heteroatoms. The first kappa shape index (κ1) is 15.6. The average Bonchev–Trinajstić information content (AvgIpc) is 2.42. The van der Waals surface area contributed by atoms with Crippen molar-refractivity contribution in [1.82, 2.24) is 0 Å². The molecule has 0 aliphatic carbocycles. The second-order valence-corrected chi connectivity index (χ2v) is 5.35. The van der Waals surface area contributed by atoms with Gasteiger partial charge in [-0.05, 0) is 55.0 Å². The van der Waals surface area contributed by atoms with E-state index in [-0.39, 0.29) is 5.56 Å². The molecule has 1 amide bonds. The Labute approximate surface area is 128 Å². The second kappa shape index (κ2) is 5.89. The van der Waals surface area contributed by atoms with Crippen molar-refractivity contribution in [1.29, 1.82) is 0 Å². The van der Waals surface area contributed by atoms with E-state index in [9.17, 15) is 18.0 Å². The van der Waals surface area contributed by atoms with Gasteiger partial charge in [0.1, 0.15) is 0 Å². The van der Waals surface area contributed by atoms with Gasteiger partial charge in [0.05, 0.1) is 5.56 Å². The Kier molecular flexibility index (Phi) is 4.37. The third-order valence-electron chi connectivity index (χ3n) is 2.89. The molecule has 0 radical (unpaired) electrons. The van der Waals surface area contributed by atoms with Crippen molar-refractivity contribution in [2.45, 2.75) is 13.1 Å². The molecule has 2 nitrogen and oxygen atoms in total. The van der Waals surface area contributed by atoms with Crippen LogP contribution in [-0.2, 0) is 6.18 Å². The summed E-state index contributed by atoms with van der Waals surface area (Å²) in [5.41, 5.74) is 0.919. The van der Waals surface area contributed by atoms with Crippen molar-refractivity contribution in [3.05, 3.63) is 63.6 Å². The highest BCUT2D eigenvalue weighted by atomic mass is 79.9. The number of hydrogen-bond donors (Lipinski definition) is 1. The zero-order valence-electron chi connectivity index (χ0n) is 11.0. The minimum atomic E-state index is -4.40. The molecule has 0 aliphatic heterocycles. The molecule has 0 atom stereocenters. The third kappa shape index (κ3) is 3.85. The Morgan fingerprint density at radius 2 is 1.71 bits per heavy atom. The molecule has 0 heterocycles. The molecule has 2 aromatic rings. The van der Waals surface area contributed by atoms with E-state index in [0.29, 0.717) is 5.69 Å². The number of amides is 1. The van der Waals surface area contributed by atoms with Crippen molar-refractivity contribution < 1.29 is 18.0 Å². The van der Waals surface area contributed by atoms with Crippen LogP contribution in [0.3, 0.4) is 0 Å². The summed E-state index contributed by atoms with van der Waals surface area (Å²) in [7, 11) is 0. The van der Waals surface area contributed by atoms with Gasteiger partial charge in [0, 0.05) is 15.7 Å². The number of carbonyl (C=O) groups excluding carboxylic acids is 1. The topological polar surface area (TPSA) is 29.1 Å². The zero-order valence-corrected chi connectivity index (χ0v) is 12.5. The minimum Gasteiger partial charge on any atom is -0.322 e. The highest BCUT2D eigenvalue weighted by Gasteiger charge is 2.30. The fourth-order valence-corrected chi connectivity index (χ4v) is 1.98. The van der Waals surface area contributed by atoms with Crippen LogP contribution >= 0.6 is 15.9 Å². The molecule has 0 spiro atoms. The van der Waals surface area contributed by atoms with Crippen LogP contribution < -0.4 is 5.32 Å². The van der Waals surface area contributed by atoms with Gasteiger partial charge in [0.25, 0.3) is 5.91 Å². The smallest absolute Gasteiger partial charge is 0.322 e. The Bertz CT molecular complexity index is 666. The molecular formula is C15H11BrF3NO. The van der Waals surface area contributed by atoms with Gasteiger partial charge >= 0.3 is 6.18 Å². The van der Waals surface area contributed by atoms with Crippen LogP contribution in [-0.4, -0.2) is 5.91 Å². The zero-order chi connectivity index (χ0) is 15.6. The number of benzene rings is 2. The molecule has 2 rings (SSSR count). The van der Waals surface area contributed by atoms with E-state index >= 15 is 0 Å². The molecule has 1 N–H and O–H groups in total. The lowest BCUT2D eigenvalue weighted by Gasteiger charge is -2.09. The molecule has 0 bridgehead atoms. The number of hydrogen-bond acceptors (Lipinski definition) is 1. The number of aryl methyl sites for hydroxylation is 1. The van der Waals surface area contributed by atoms with Crippen LogP contribution in [0, 0.1) is 6.92 Å². The van der Waals surface area contributed by atoms with E-state index in [4.69, 9.17) is 0 Å². The fraction of sp³-hybridized carbons (Fsp3) is 0.133. The summed E-state index contributed by atoms with van der Waals surface area (Å²) in [5, 5.41) is 2.64. The highest BCUT2D eigenvalue weighted by molar-refractivity contribution is 9.10. The lowest BCUT2D eigenvalue weighted by Crippen LogP contribution is -2.13. The molecule has 21 heavy (non-hydrogen) atoms. The van der Waals surface area contributed by atoms with Gasteiger partial charge in [-0.1, -0.05) is 15.9 Å². The maximum Gasteiger partial charge on any atom is 0.416 e. The van der Waals surface area contributed by atoms with Crippen LogP contribution in [0.15, 0.2) is 46.9 Å². The van der Waals surface area contributed by atoms with Gasteiger partial charge in [-0.3, -0.25) is 4.79 Å². The van der Waals surface area contributed by atoms with Crippen LogP contribution in [0.25, 0.3) is 0 Å². The first-order chi connectivity index (χ1) is 9.77. The van der Waals surface area contributed by atoms with Gasteiger partial charge in [0.15, 0.2) is 0 Å². The molecule has 110 valence electrons. The van der Waals surface area contributed by atoms with E-state index in [0.717, 1.165) is 34.3 Å². The monoisotopic (exact) mass is 357 g/mol. The number of alkyl halides is 3. The van der Waals surface area contributed by atoms with Crippen molar-refractivity contribution >= 4 is 27.5 Å². The van der Waals surface area contributed by atoms with Crippen LogP contribution in [0.5, 0.6) is 0 Å². The summed E-state index contributed by atoms with van der Waals surface area (Å²) >= 11 is 3.35. The van der Waals surface area contributed by atoms with Crippen molar-refractivity contribution in [2.75, 3.05) is 5.32 Å². The van der Waals surface area contributed by atoms with Gasteiger partial charge in [-0.2, -0.15) is 13.2 Å². The summed E-state index contributed by atoms with van der Waals surface area (Å²) in [5.74, 6) is -0.453. The lowest BCUT2D eigenvalue weighted by atomic mass is 10.1. The van der Waals surface area contributed by atoms with E-state index in [2.05, 4.69) is 21.2 Å². The summed E-state index contributed by atoms with van der Waals surface area (Å²) in [6, 6.07) is 9.36. The van der Waals surface area contributed by atoms with Crippen LogP contribution in [0.1, 0.15) is 21.5 Å². The molecule has 0 fully saturated rings. The Morgan fingerprint density at radius 1 is 1.10 bits per heavy atom. The number of anilines is 1. The number of rotatable bonds is 2. The Hall–Kier alpha value is -1.82. The summed E-state index contributed by atoms with van der Waals surface area (Å²) < 4.78 is 38.2. The SMILES string of the molecule is Cc1cc(NC(=O)c2ccc(C(F)(F)F)cc2)ccc1Br. The summed E-state index contributed by atoms with van der Waals surface area (Å²) in [6.07, 6.45) is -4.40. The first-order valence-corrected chi connectivity index (χ1v) is 6.81. The van der Waals surface area contributed by atoms with Crippen molar-refractivity contribution in [3.63, 3.8) is 0 Å². The third-order valence-corrected chi connectivity index (χ3v) is 3.78. The lowest BCUT2D eigenvalue weighted by molar-refractivity contribution is -0.137. The van der Waals surface area contributed by atoms with Gasteiger partial charge < -0.3 is 5.32 Å². The van der Waals surface area contributed by atoms with Crippen LogP contribution in [0.2, 0.25) is 0 Å². The number of carbonyl (C=O) groups is 1. The quantitative estimate of drug-likeness (QED) is 0.802. The first-order valence-electron chi connectivity index (χ1n) is 6.02. The maximum absolute atomic E-state index is 12.4. The summed E-state index contributed by atoms with van der Waals surface area (Å²) in [4.78, 5) is 12.0. The summed E-state index contributed by atoms with van der Waals surface area (Å²) in [6.45, 7) is 1.87. The Morgan fingerprint density at radius 3 is 2.24 bits per heavy atom. The van der Waals surface area contributed by atoms with E-state index in [1.807, 2.05) is 6.92 Å². The molecule has 0 saturated heterocycles. The van der Waals surface area contributed by atoms with E-state index in [1.54, 1.807) is 18.2 Å². The fourth-order valence-electron chi connectivity index (χ4n) is 1.74.